The van der Waals surface area contributed by atoms with Crippen molar-refractivity contribution >= 4 is 39.2 Å². The van der Waals surface area contributed by atoms with Gasteiger partial charge in [0, 0.05) is 44.8 Å². The van der Waals surface area contributed by atoms with Gasteiger partial charge in [0.05, 0.1) is 16.7 Å². The van der Waals surface area contributed by atoms with Crippen LogP contribution in [0.15, 0.2) is 48.1 Å². The maximum Gasteiger partial charge on any atom is 0.387 e. The summed E-state index contributed by atoms with van der Waals surface area (Å²) in [6, 6.07) is 3.15. The summed E-state index contributed by atoms with van der Waals surface area (Å²) in [4.78, 5) is 21.5. The fourth-order valence-electron chi connectivity index (χ4n) is 4.76. The Hall–Kier alpha value is -3.00. The average molecular weight is 646 g/mol. The molecule has 42 heavy (non-hydrogen) atoms. The van der Waals surface area contributed by atoms with Crippen molar-refractivity contribution in [1.29, 1.82) is 0 Å². The van der Waals surface area contributed by atoms with Gasteiger partial charge in [-0.1, -0.05) is 29.3 Å². The maximum atomic E-state index is 13.6. The molecule has 10 nitrogen and oxygen atoms in total. The molecule has 2 aromatic heterocycles. The van der Waals surface area contributed by atoms with E-state index >= 15 is 0 Å². The molecule has 2 aliphatic rings. The summed E-state index contributed by atoms with van der Waals surface area (Å²) in [5.41, 5.74) is 0.819. The lowest BCUT2D eigenvalue weighted by Gasteiger charge is -2.26. The quantitative estimate of drug-likeness (QED) is 0.248. The first-order valence-corrected chi connectivity index (χ1v) is 15.4. The number of hydrogen-bond donors (Lipinski definition) is 0. The van der Waals surface area contributed by atoms with E-state index in [4.69, 9.17) is 32.7 Å². The van der Waals surface area contributed by atoms with E-state index in [9.17, 15) is 22.0 Å². The number of esters is 1. The Morgan fingerprint density at radius 3 is 2.52 bits per heavy atom. The fraction of sp³-hybridized carbons (Fsp3) is 0.444. The molecule has 2 fully saturated rings. The van der Waals surface area contributed by atoms with Gasteiger partial charge in [0.2, 0.25) is 5.16 Å². The number of hydrogen-bond acceptors (Lipinski definition) is 8. The van der Waals surface area contributed by atoms with Crippen LogP contribution in [-0.2, 0) is 33.0 Å². The smallest absolute Gasteiger partial charge is 0.387 e. The summed E-state index contributed by atoms with van der Waals surface area (Å²) in [7, 11) is -2.55. The molecule has 15 heteroatoms. The number of rotatable bonds is 12. The number of carbonyl (C=O) groups is 1. The van der Waals surface area contributed by atoms with Crippen molar-refractivity contribution in [2.24, 2.45) is 13.0 Å². The van der Waals surface area contributed by atoms with E-state index in [0.717, 1.165) is 17.1 Å². The number of pyridine rings is 1. The Bertz CT molecular complexity index is 1530. The highest BCUT2D eigenvalue weighted by Gasteiger charge is 2.43. The second kappa shape index (κ2) is 12.7. The molecule has 1 aliphatic carbocycles. The van der Waals surface area contributed by atoms with E-state index < -0.39 is 34.7 Å². The number of halogens is 4. The Kier molecular flexibility index (Phi) is 9.21. The highest BCUT2D eigenvalue weighted by molar-refractivity contribution is 7.89. The number of imidazole rings is 1. The molecule has 1 saturated heterocycles. The van der Waals surface area contributed by atoms with E-state index in [1.807, 2.05) is 0 Å². The molecule has 0 bridgehead atoms. The van der Waals surface area contributed by atoms with Gasteiger partial charge in [0.15, 0.2) is 11.5 Å². The third-order valence-electron chi connectivity index (χ3n) is 7.12. The van der Waals surface area contributed by atoms with Gasteiger partial charge in [0.1, 0.15) is 12.1 Å². The average Bonchev–Trinajstić information content (AvgIpc) is 3.42. The van der Waals surface area contributed by atoms with Crippen molar-refractivity contribution in [3.8, 4) is 11.5 Å². The molecule has 3 aromatic rings. The molecule has 2 atom stereocenters. The van der Waals surface area contributed by atoms with Crippen molar-refractivity contribution in [1.82, 2.24) is 18.8 Å². The molecule has 5 rings (SSSR count). The van der Waals surface area contributed by atoms with Gasteiger partial charge in [-0.05, 0) is 54.9 Å². The second-order valence-corrected chi connectivity index (χ2v) is 12.7. The Labute approximate surface area is 251 Å². The molecule has 0 radical (unpaired) electrons. The van der Waals surface area contributed by atoms with Gasteiger partial charge < -0.3 is 18.8 Å². The van der Waals surface area contributed by atoms with E-state index in [0.29, 0.717) is 30.1 Å². The van der Waals surface area contributed by atoms with Crippen LogP contribution in [0.3, 0.4) is 0 Å². The zero-order chi connectivity index (χ0) is 30.0. The van der Waals surface area contributed by atoms with E-state index in [1.54, 1.807) is 7.05 Å². The van der Waals surface area contributed by atoms with Crippen molar-refractivity contribution in [3.63, 3.8) is 0 Å². The van der Waals surface area contributed by atoms with Crippen molar-refractivity contribution < 1.29 is 36.2 Å². The second-order valence-electron chi connectivity index (χ2n) is 10.1. The van der Waals surface area contributed by atoms with Crippen LogP contribution in [0.25, 0.3) is 0 Å². The van der Waals surface area contributed by atoms with Gasteiger partial charge in [-0.3, -0.25) is 9.78 Å². The monoisotopic (exact) mass is 644 g/mol. The molecule has 0 amide bonds. The molecule has 1 saturated carbocycles. The van der Waals surface area contributed by atoms with E-state index in [2.05, 4.69) is 14.7 Å². The van der Waals surface area contributed by atoms with Gasteiger partial charge in [-0.25, -0.2) is 13.4 Å². The van der Waals surface area contributed by atoms with Gasteiger partial charge >= 0.3 is 12.6 Å². The van der Waals surface area contributed by atoms with Crippen LogP contribution in [-0.4, -0.2) is 59.0 Å². The minimum atomic E-state index is -4.10. The molecular weight excluding hydrogens is 617 g/mol. The third kappa shape index (κ3) is 6.80. The lowest BCUT2D eigenvalue weighted by molar-refractivity contribution is -0.153. The number of aryl methyl sites for hydroxylation is 1. The number of nitrogens with zero attached hydrogens (tertiary/aromatic N) is 4. The predicted molar refractivity (Wildman–Crippen MR) is 148 cm³/mol. The molecule has 1 aromatic carbocycles. The first-order chi connectivity index (χ1) is 20.0. The number of sulfonamides is 1. The van der Waals surface area contributed by atoms with Gasteiger partial charge in [-0.2, -0.15) is 13.1 Å². The Balaban J connectivity index is 1.46. The van der Waals surface area contributed by atoms with Gasteiger partial charge in [-0.15, -0.1) is 0 Å². The largest absolute Gasteiger partial charge is 0.489 e. The fourth-order valence-corrected chi connectivity index (χ4v) is 7.00. The van der Waals surface area contributed by atoms with Crippen LogP contribution in [0.1, 0.15) is 42.9 Å². The molecule has 0 spiro atoms. The van der Waals surface area contributed by atoms with Crippen molar-refractivity contribution in [2.45, 2.75) is 56.0 Å². The number of ether oxygens (including phenoxy) is 3. The van der Waals surface area contributed by atoms with Crippen LogP contribution < -0.4 is 9.47 Å². The van der Waals surface area contributed by atoms with E-state index in [-0.39, 0.29) is 46.1 Å². The molecule has 226 valence electrons. The minimum Gasteiger partial charge on any atom is -0.489 e. The lowest BCUT2D eigenvalue weighted by atomic mass is 10.0. The number of benzene rings is 1. The SMILES string of the molecule is Cn1ccnc1S(=O)(=O)N1CCCC1C(=O)OC(Cc1c(Cl)cncc1Cl)c1ccc(OC(F)F)c(OCC2CC2)c1. The highest BCUT2D eigenvalue weighted by atomic mass is 35.5. The predicted octanol–water partition coefficient (Wildman–Crippen LogP) is 5.19. The Morgan fingerprint density at radius 1 is 1.14 bits per heavy atom. The van der Waals surface area contributed by atoms with Gasteiger partial charge in [0.25, 0.3) is 10.0 Å². The summed E-state index contributed by atoms with van der Waals surface area (Å²) in [6.07, 6.45) is 7.22. The van der Waals surface area contributed by atoms with Crippen LogP contribution in [0.4, 0.5) is 8.78 Å². The van der Waals surface area contributed by atoms with Crippen LogP contribution in [0.2, 0.25) is 10.0 Å². The molecule has 3 heterocycles. The standard InChI is InChI=1S/C27H28Cl2F2N4O6S/c1-34-10-8-33-27(34)42(37,38)35-9-2-3-21(35)25(36)40-23(12-18-19(28)13-32-14-20(18)29)17-6-7-22(41-26(30)31)24(11-17)39-15-16-4-5-16/h6-8,10-11,13-14,16,21,23,26H,2-5,9,12,15H2,1H3. The first kappa shape index (κ1) is 30.5. The zero-order valence-corrected chi connectivity index (χ0v) is 24.8. The van der Waals surface area contributed by atoms with Crippen molar-refractivity contribution in [2.75, 3.05) is 13.2 Å². The topological polar surface area (TPSA) is 113 Å². The van der Waals surface area contributed by atoms with E-state index in [1.165, 1.54) is 47.6 Å². The maximum absolute atomic E-state index is 13.6. The summed E-state index contributed by atoms with van der Waals surface area (Å²) in [6.45, 7) is -2.64. The van der Waals surface area contributed by atoms with Crippen molar-refractivity contribution in [3.05, 3.63) is 64.2 Å². The molecular formula is C27H28Cl2F2N4O6S. The Morgan fingerprint density at radius 2 is 1.88 bits per heavy atom. The lowest BCUT2D eigenvalue weighted by Crippen LogP contribution is -2.42. The number of carbonyl (C=O) groups excluding carboxylic acids is 1. The third-order valence-corrected chi connectivity index (χ3v) is 9.68. The molecule has 2 unspecified atom stereocenters. The summed E-state index contributed by atoms with van der Waals surface area (Å²) in [5, 5.41) is 0.263. The molecule has 0 N–H and O–H groups in total. The first-order valence-electron chi connectivity index (χ1n) is 13.2. The number of aromatic nitrogens is 3. The summed E-state index contributed by atoms with van der Waals surface area (Å²) < 4.78 is 71.8. The normalized spacial score (nSPS) is 18.3. The van der Waals surface area contributed by atoms with Crippen LogP contribution >= 0.6 is 23.2 Å². The minimum absolute atomic E-state index is 0.0120. The highest BCUT2D eigenvalue weighted by Crippen LogP contribution is 2.38. The van der Waals surface area contributed by atoms with Crippen LogP contribution in [0, 0.1) is 5.92 Å². The summed E-state index contributed by atoms with van der Waals surface area (Å²) >= 11 is 12.7. The zero-order valence-electron chi connectivity index (χ0n) is 22.5. The summed E-state index contributed by atoms with van der Waals surface area (Å²) in [5.74, 6) is -0.565. The van der Waals surface area contributed by atoms with Crippen LogP contribution in [0.5, 0.6) is 11.5 Å². The molecule has 1 aliphatic heterocycles. The number of alkyl halides is 2.